The van der Waals surface area contributed by atoms with Crippen LogP contribution in [0.1, 0.15) is 22.8 Å². The molecular weight excluding hydrogens is 343 g/mol. The molecule has 0 heterocycles. The van der Waals surface area contributed by atoms with Crippen molar-refractivity contribution in [3.05, 3.63) is 33.8 Å². The van der Waals surface area contributed by atoms with Crippen LogP contribution in [-0.4, -0.2) is 28.7 Å². The van der Waals surface area contributed by atoms with Gasteiger partial charge in [-0.25, -0.2) is 4.79 Å². The number of aliphatic carboxylic acids is 1. The highest BCUT2D eigenvalue weighted by molar-refractivity contribution is 9.10. The number of carbonyl (C=O) groups excluding carboxylic acids is 1. The number of benzene rings is 1. The van der Waals surface area contributed by atoms with E-state index in [9.17, 15) is 22.8 Å². The van der Waals surface area contributed by atoms with Crippen LogP contribution in [0.5, 0.6) is 0 Å². The third kappa shape index (κ3) is 3.12. The van der Waals surface area contributed by atoms with Crippen LogP contribution in [0.2, 0.25) is 0 Å². The second kappa shape index (κ2) is 5.43. The van der Waals surface area contributed by atoms with Gasteiger partial charge in [-0.1, -0.05) is 22.0 Å². The zero-order chi connectivity index (χ0) is 15.7. The number of carboxylic acids is 1. The monoisotopic (exact) mass is 353 g/mol. The molecule has 1 atom stereocenters. The van der Waals surface area contributed by atoms with Gasteiger partial charge in [-0.2, -0.15) is 13.2 Å². The number of carbonyl (C=O) groups is 2. The van der Waals surface area contributed by atoms with Gasteiger partial charge in [0.05, 0.1) is 0 Å². The fourth-order valence-electron chi connectivity index (χ4n) is 1.38. The fourth-order valence-corrected chi connectivity index (χ4v) is 1.74. The van der Waals surface area contributed by atoms with Crippen LogP contribution in [0.4, 0.5) is 13.2 Å². The van der Waals surface area contributed by atoms with Gasteiger partial charge < -0.3 is 10.4 Å². The molecule has 0 aromatic heterocycles. The van der Waals surface area contributed by atoms with Gasteiger partial charge in [-0.05, 0) is 31.5 Å². The molecule has 4 nitrogen and oxygen atoms in total. The number of hydrogen-bond donors (Lipinski definition) is 2. The van der Waals surface area contributed by atoms with E-state index in [4.69, 9.17) is 5.11 Å². The van der Waals surface area contributed by atoms with Gasteiger partial charge in [-0.3, -0.25) is 4.79 Å². The summed E-state index contributed by atoms with van der Waals surface area (Å²) in [6, 6.07) is 4.47. The van der Waals surface area contributed by atoms with Crippen LogP contribution in [0.15, 0.2) is 22.7 Å². The lowest BCUT2D eigenvalue weighted by Gasteiger charge is -2.28. The van der Waals surface area contributed by atoms with E-state index in [1.165, 1.54) is 24.4 Å². The summed E-state index contributed by atoms with van der Waals surface area (Å²) in [6.45, 7) is 1.94. The lowest BCUT2D eigenvalue weighted by atomic mass is 10.00. The Morgan fingerprint density at radius 2 is 1.85 bits per heavy atom. The Labute approximate surface area is 121 Å². The summed E-state index contributed by atoms with van der Waals surface area (Å²) in [4.78, 5) is 22.7. The molecule has 1 unspecified atom stereocenters. The summed E-state index contributed by atoms with van der Waals surface area (Å²) in [7, 11) is 0. The lowest BCUT2D eigenvalue weighted by molar-refractivity contribution is -0.203. The van der Waals surface area contributed by atoms with E-state index < -0.39 is 23.6 Å². The van der Waals surface area contributed by atoms with Gasteiger partial charge in [0.15, 0.2) is 0 Å². The van der Waals surface area contributed by atoms with Gasteiger partial charge in [0.2, 0.25) is 5.54 Å². The number of hydrogen-bond acceptors (Lipinski definition) is 2. The molecule has 1 amide bonds. The number of rotatable bonds is 3. The fraction of sp³-hybridized carbons (Fsp3) is 0.333. The van der Waals surface area contributed by atoms with Gasteiger partial charge in [0.1, 0.15) is 0 Å². The molecule has 0 spiro atoms. The van der Waals surface area contributed by atoms with Crippen molar-refractivity contribution < 1.29 is 27.9 Å². The second-order valence-electron chi connectivity index (χ2n) is 4.34. The highest BCUT2D eigenvalue weighted by Gasteiger charge is 2.58. The molecule has 0 fully saturated rings. The first-order chi connectivity index (χ1) is 8.99. The maximum absolute atomic E-state index is 12.8. The van der Waals surface area contributed by atoms with Crippen molar-refractivity contribution in [2.45, 2.75) is 25.6 Å². The normalized spacial score (nSPS) is 14.5. The SMILES string of the molecule is Cc1ccc(Br)cc1C(=O)NC(C)(C(=O)O)C(F)(F)F. The smallest absolute Gasteiger partial charge is 0.422 e. The second-order valence-corrected chi connectivity index (χ2v) is 5.26. The molecule has 1 rings (SSSR count). The zero-order valence-electron chi connectivity index (χ0n) is 10.5. The van der Waals surface area contributed by atoms with Crippen molar-refractivity contribution >= 4 is 27.8 Å². The minimum absolute atomic E-state index is 0.0314. The number of halogens is 4. The molecule has 0 saturated carbocycles. The van der Waals surface area contributed by atoms with Crippen molar-refractivity contribution in [3.63, 3.8) is 0 Å². The third-order valence-electron chi connectivity index (χ3n) is 2.80. The van der Waals surface area contributed by atoms with Gasteiger partial charge >= 0.3 is 12.1 Å². The molecular formula is C12H11BrF3NO3. The number of alkyl halides is 3. The van der Waals surface area contributed by atoms with Crippen molar-refractivity contribution in [2.75, 3.05) is 0 Å². The molecule has 1 aromatic carbocycles. The Balaban J connectivity index is 3.16. The van der Waals surface area contributed by atoms with Gasteiger partial charge in [0, 0.05) is 10.0 Å². The molecule has 0 aliphatic carbocycles. The Bertz CT molecular complexity index is 559. The third-order valence-corrected chi connectivity index (χ3v) is 3.30. The number of carboxylic acid groups (broad SMARTS) is 1. The largest absolute Gasteiger partial charge is 0.479 e. The summed E-state index contributed by atoms with van der Waals surface area (Å²) >= 11 is 3.09. The average Bonchev–Trinajstić information content (AvgIpc) is 2.30. The Morgan fingerprint density at radius 3 is 2.30 bits per heavy atom. The van der Waals surface area contributed by atoms with E-state index in [2.05, 4.69) is 15.9 Å². The topological polar surface area (TPSA) is 66.4 Å². The van der Waals surface area contributed by atoms with E-state index in [0.29, 0.717) is 17.0 Å². The van der Waals surface area contributed by atoms with Crippen LogP contribution in [0.25, 0.3) is 0 Å². The minimum Gasteiger partial charge on any atom is -0.479 e. The summed E-state index contributed by atoms with van der Waals surface area (Å²) in [5.74, 6) is -3.28. The number of amides is 1. The average molecular weight is 354 g/mol. The van der Waals surface area contributed by atoms with Crippen LogP contribution < -0.4 is 5.32 Å². The molecule has 0 saturated heterocycles. The molecule has 0 aliphatic rings. The maximum Gasteiger partial charge on any atom is 0.422 e. The van der Waals surface area contributed by atoms with Crippen molar-refractivity contribution in [2.24, 2.45) is 0 Å². The first kappa shape index (κ1) is 16.5. The van der Waals surface area contributed by atoms with E-state index in [0.717, 1.165) is 0 Å². The maximum atomic E-state index is 12.8. The van der Waals surface area contributed by atoms with Crippen LogP contribution in [0.3, 0.4) is 0 Å². The number of nitrogens with one attached hydrogen (secondary N) is 1. The number of aryl methyl sites for hydroxylation is 1. The van der Waals surface area contributed by atoms with E-state index in [1.807, 2.05) is 0 Å². The van der Waals surface area contributed by atoms with Crippen LogP contribution in [0, 0.1) is 6.92 Å². The van der Waals surface area contributed by atoms with E-state index in [-0.39, 0.29) is 5.56 Å². The summed E-state index contributed by atoms with van der Waals surface area (Å²) < 4.78 is 38.9. The minimum atomic E-state index is -5.12. The predicted molar refractivity (Wildman–Crippen MR) is 68.4 cm³/mol. The lowest BCUT2D eigenvalue weighted by Crippen LogP contribution is -2.61. The Morgan fingerprint density at radius 1 is 1.30 bits per heavy atom. The van der Waals surface area contributed by atoms with Crippen molar-refractivity contribution in [1.82, 2.24) is 5.32 Å². The molecule has 1 aromatic rings. The molecule has 0 radical (unpaired) electrons. The summed E-state index contributed by atoms with van der Waals surface area (Å²) in [6.07, 6.45) is -5.12. The van der Waals surface area contributed by atoms with Crippen LogP contribution in [-0.2, 0) is 4.79 Å². The van der Waals surface area contributed by atoms with Crippen molar-refractivity contribution in [3.8, 4) is 0 Å². The quantitative estimate of drug-likeness (QED) is 0.877. The zero-order valence-corrected chi connectivity index (χ0v) is 12.1. The van der Waals surface area contributed by atoms with Gasteiger partial charge in [-0.15, -0.1) is 0 Å². The van der Waals surface area contributed by atoms with Crippen LogP contribution >= 0.6 is 15.9 Å². The highest BCUT2D eigenvalue weighted by atomic mass is 79.9. The molecule has 0 bridgehead atoms. The first-order valence-electron chi connectivity index (χ1n) is 5.38. The molecule has 2 N–H and O–H groups in total. The van der Waals surface area contributed by atoms with E-state index >= 15 is 0 Å². The summed E-state index contributed by atoms with van der Waals surface area (Å²) in [5, 5.41) is 10.3. The Kier molecular flexibility index (Phi) is 4.48. The van der Waals surface area contributed by atoms with Crippen molar-refractivity contribution in [1.29, 1.82) is 0 Å². The molecule has 20 heavy (non-hydrogen) atoms. The predicted octanol–water partition coefficient (Wildman–Crippen LogP) is 2.89. The Hall–Kier alpha value is -1.57. The molecule has 110 valence electrons. The van der Waals surface area contributed by atoms with Gasteiger partial charge in [0.25, 0.3) is 5.91 Å². The molecule has 8 heteroatoms. The standard InChI is InChI=1S/C12H11BrF3NO3/c1-6-3-4-7(13)5-8(6)9(18)17-11(2,10(19)20)12(14,15)16/h3-5H,1-2H3,(H,17,18)(H,19,20). The highest BCUT2D eigenvalue weighted by Crippen LogP contribution is 2.31. The van der Waals surface area contributed by atoms with E-state index in [1.54, 1.807) is 6.07 Å². The molecule has 0 aliphatic heterocycles. The summed E-state index contributed by atoms with van der Waals surface area (Å²) in [5.41, 5.74) is -2.95. The first-order valence-corrected chi connectivity index (χ1v) is 6.17.